The van der Waals surface area contributed by atoms with E-state index in [1.54, 1.807) is 47.2 Å². The molecule has 3 aromatic rings. The molecular formula is C22H22FN3O2. The maximum Gasteiger partial charge on any atom is 0.274 e. The number of amides is 1. The third-order valence-corrected chi connectivity index (χ3v) is 4.94. The van der Waals surface area contributed by atoms with Crippen LogP contribution in [-0.2, 0) is 6.54 Å². The molecule has 1 aromatic heterocycles. The fraction of sp³-hybridized carbons (Fsp3) is 0.273. The van der Waals surface area contributed by atoms with E-state index in [1.807, 2.05) is 25.1 Å². The van der Waals surface area contributed by atoms with Crippen LogP contribution in [-0.4, -0.2) is 33.7 Å². The molecule has 0 spiro atoms. The lowest BCUT2D eigenvalue weighted by Gasteiger charge is -2.21. The van der Waals surface area contributed by atoms with Crippen LogP contribution in [0.2, 0.25) is 0 Å². The van der Waals surface area contributed by atoms with Gasteiger partial charge in [0.2, 0.25) is 0 Å². The largest absolute Gasteiger partial charge is 0.494 e. The van der Waals surface area contributed by atoms with Crippen LogP contribution in [0, 0.1) is 12.7 Å². The Labute approximate surface area is 163 Å². The van der Waals surface area contributed by atoms with Crippen molar-refractivity contribution in [2.45, 2.75) is 32.4 Å². The molecule has 144 valence electrons. The van der Waals surface area contributed by atoms with E-state index < -0.39 is 0 Å². The molecule has 0 radical (unpaired) electrons. The van der Waals surface area contributed by atoms with Crippen molar-refractivity contribution >= 4 is 5.91 Å². The lowest BCUT2D eigenvalue weighted by atomic mass is 10.2. The highest BCUT2D eigenvalue weighted by Gasteiger charge is 2.34. The number of rotatable bonds is 6. The Morgan fingerprint density at radius 1 is 1.25 bits per heavy atom. The van der Waals surface area contributed by atoms with Gasteiger partial charge in [-0.25, -0.2) is 9.07 Å². The smallest absolute Gasteiger partial charge is 0.274 e. The Morgan fingerprint density at radius 2 is 2.04 bits per heavy atom. The summed E-state index contributed by atoms with van der Waals surface area (Å²) in [7, 11) is 1.60. The van der Waals surface area contributed by atoms with Gasteiger partial charge < -0.3 is 9.64 Å². The van der Waals surface area contributed by atoms with Crippen molar-refractivity contribution in [3.05, 3.63) is 77.4 Å². The van der Waals surface area contributed by atoms with Gasteiger partial charge in [-0.05, 0) is 49.6 Å². The number of aryl methyl sites for hydroxylation is 1. The second kappa shape index (κ2) is 7.46. The molecule has 1 amide bonds. The van der Waals surface area contributed by atoms with Gasteiger partial charge in [0.25, 0.3) is 5.91 Å². The standard InChI is InChI=1S/C22H22FN3O2/c1-15-7-10-21(28-2)20(13-15)26-12-11-19(24-26)22(27)25(17-8-9-17)14-16-5-3-4-6-18(16)23/h3-7,10-13,17H,8-9,14H2,1-2H3. The molecule has 0 unspecified atom stereocenters. The number of aromatic nitrogens is 2. The summed E-state index contributed by atoms with van der Waals surface area (Å²) in [6.07, 6.45) is 3.62. The summed E-state index contributed by atoms with van der Waals surface area (Å²) in [4.78, 5) is 14.8. The van der Waals surface area contributed by atoms with E-state index in [0.717, 1.165) is 24.1 Å². The number of benzene rings is 2. The predicted octanol–water partition coefficient (Wildman–Crippen LogP) is 4.13. The highest BCUT2D eigenvalue weighted by molar-refractivity contribution is 5.92. The highest BCUT2D eigenvalue weighted by Crippen LogP contribution is 2.30. The molecule has 28 heavy (non-hydrogen) atoms. The van der Waals surface area contributed by atoms with E-state index in [0.29, 0.717) is 17.0 Å². The Kier molecular flexibility index (Phi) is 4.86. The summed E-state index contributed by atoms with van der Waals surface area (Å²) in [5, 5.41) is 4.48. The average molecular weight is 379 g/mol. The first-order chi connectivity index (χ1) is 13.6. The van der Waals surface area contributed by atoms with Crippen molar-refractivity contribution in [2.75, 3.05) is 7.11 Å². The third-order valence-electron chi connectivity index (χ3n) is 4.94. The maximum atomic E-state index is 14.1. The van der Waals surface area contributed by atoms with Crippen LogP contribution in [0.4, 0.5) is 4.39 Å². The van der Waals surface area contributed by atoms with Crippen molar-refractivity contribution in [3.63, 3.8) is 0 Å². The summed E-state index contributed by atoms with van der Waals surface area (Å²) in [6.45, 7) is 2.23. The molecule has 0 atom stereocenters. The average Bonchev–Trinajstić information content (AvgIpc) is 3.42. The van der Waals surface area contributed by atoms with Crippen molar-refractivity contribution in [1.82, 2.24) is 14.7 Å². The number of nitrogens with zero attached hydrogens (tertiary/aromatic N) is 3. The van der Waals surface area contributed by atoms with Gasteiger partial charge in [0, 0.05) is 24.3 Å². The minimum absolute atomic E-state index is 0.144. The van der Waals surface area contributed by atoms with E-state index in [-0.39, 0.29) is 24.3 Å². The molecule has 0 bridgehead atoms. The Balaban J connectivity index is 1.61. The summed E-state index contributed by atoms with van der Waals surface area (Å²) in [5.41, 5.74) is 2.70. The monoisotopic (exact) mass is 379 g/mol. The molecule has 6 heteroatoms. The molecule has 1 aliphatic rings. The van der Waals surface area contributed by atoms with E-state index >= 15 is 0 Å². The van der Waals surface area contributed by atoms with Gasteiger partial charge in [0.05, 0.1) is 7.11 Å². The zero-order valence-electron chi connectivity index (χ0n) is 15.9. The zero-order chi connectivity index (χ0) is 19.7. The summed E-state index contributed by atoms with van der Waals surface area (Å²) in [6, 6.07) is 14.2. The first-order valence-corrected chi connectivity index (χ1v) is 9.32. The minimum atomic E-state index is -0.295. The highest BCUT2D eigenvalue weighted by atomic mass is 19.1. The molecule has 5 nitrogen and oxygen atoms in total. The van der Waals surface area contributed by atoms with Gasteiger partial charge in [-0.2, -0.15) is 5.10 Å². The fourth-order valence-electron chi connectivity index (χ4n) is 3.26. The SMILES string of the molecule is COc1ccc(C)cc1-n1ccc(C(=O)N(Cc2ccccc2F)C2CC2)n1. The number of hydrogen-bond acceptors (Lipinski definition) is 3. The Bertz CT molecular complexity index is 1010. The van der Waals surface area contributed by atoms with Crippen molar-refractivity contribution in [1.29, 1.82) is 0 Å². The molecule has 2 aromatic carbocycles. The van der Waals surface area contributed by atoms with Gasteiger partial charge >= 0.3 is 0 Å². The van der Waals surface area contributed by atoms with E-state index in [2.05, 4.69) is 5.10 Å². The first-order valence-electron chi connectivity index (χ1n) is 9.32. The number of hydrogen-bond donors (Lipinski definition) is 0. The first kappa shape index (κ1) is 18.2. The summed E-state index contributed by atoms with van der Waals surface area (Å²) >= 11 is 0. The van der Waals surface area contributed by atoms with Gasteiger partial charge in [-0.3, -0.25) is 4.79 Å². The van der Waals surface area contributed by atoms with Crippen LogP contribution in [0.3, 0.4) is 0 Å². The summed E-state index contributed by atoms with van der Waals surface area (Å²) < 4.78 is 21.1. The number of halogens is 1. The Morgan fingerprint density at radius 3 is 2.75 bits per heavy atom. The number of carbonyl (C=O) groups excluding carboxylic acids is 1. The minimum Gasteiger partial charge on any atom is -0.494 e. The zero-order valence-corrected chi connectivity index (χ0v) is 15.9. The number of carbonyl (C=O) groups is 1. The molecule has 1 aliphatic carbocycles. The van der Waals surface area contributed by atoms with Crippen molar-refractivity contribution in [2.24, 2.45) is 0 Å². The van der Waals surface area contributed by atoms with Gasteiger partial charge in [0.1, 0.15) is 17.3 Å². The van der Waals surface area contributed by atoms with Crippen LogP contribution < -0.4 is 4.74 Å². The van der Waals surface area contributed by atoms with Crippen molar-refractivity contribution in [3.8, 4) is 11.4 Å². The van der Waals surface area contributed by atoms with Crippen LogP contribution in [0.15, 0.2) is 54.7 Å². The molecule has 1 heterocycles. The normalized spacial score (nSPS) is 13.4. The van der Waals surface area contributed by atoms with E-state index in [1.165, 1.54) is 6.07 Å². The number of ether oxygens (including phenoxy) is 1. The third kappa shape index (κ3) is 3.63. The second-order valence-electron chi connectivity index (χ2n) is 7.08. The molecule has 0 saturated heterocycles. The molecular weight excluding hydrogens is 357 g/mol. The van der Waals surface area contributed by atoms with Crippen LogP contribution in [0.5, 0.6) is 5.75 Å². The van der Waals surface area contributed by atoms with Gasteiger partial charge in [0.15, 0.2) is 5.69 Å². The van der Waals surface area contributed by atoms with Crippen LogP contribution in [0.25, 0.3) is 5.69 Å². The molecule has 4 rings (SSSR count). The fourth-order valence-corrected chi connectivity index (χ4v) is 3.26. The van der Waals surface area contributed by atoms with Crippen LogP contribution in [0.1, 0.15) is 34.5 Å². The van der Waals surface area contributed by atoms with Gasteiger partial charge in [-0.1, -0.05) is 24.3 Å². The summed E-state index contributed by atoms with van der Waals surface area (Å²) in [5.74, 6) is 0.199. The molecule has 0 aliphatic heterocycles. The molecule has 1 saturated carbocycles. The lowest BCUT2D eigenvalue weighted by molar-refractivity contribution is 0.0721. The van der Waals surface area contributed by atoms with E-state index in [4.69, 9.17) is 4.74 Å². The van der Waals surface area contributed by atoms with Crippen LogP contribution >= 0.6 is 0 Å². The second-order valence-corrected chi connectivity index (χ2v) is 7.08. The number of methoxy groups -OCH3 is 1. The lowest BCUT2D eigenvalue weighted by Crippen LogP contribution is -2.33. The Hall–Kier alpha value is -3.15. The van der Waals surface area contributed by atoms with E-state index in [9.17, 15) is 9.18 Å². The quantitative estimate of drug-likeness (QED) is 0.647. The topological polar surface area (TPSA) is 47.4 Å². The van der Waals surface area contributed by atoms with Crippen molar-refractivity contribution < 1.29 is 13.9 Å². The predicted molar refractivity (Wildman–Crippen MR) is 104 cm³/mol. The van der Waals surface area contributed by atoms with Gasteiger partial charge in [-0.15, -0.1) is 0 Å². The maximum absolute atomic E-state index is 14.1. The molecule has 1 fully saturated rings. The molecule has 0 N–H and O–H groups in total.